The van der Waals surface area contributed by atoms with Crippen LogP contribution >= 0.6 is 11.8 Å². The molecule has 0 aliphatic rings. The van der Waals surface area contributed by atoms with Gasteiger partial charge in [-0.15, -0.1) is 0 Å². The average molecular weight is 329 g/mol. The molecule has 2 aromatic rings. The van der Waals surface area contributed by atoms with E-state index in [0.717, 1.165) is 24.3 Å². The molecule has 0 fully saturated rings. The molecule has 0 aliphatic heterocycles. The smallest absolute Gasteiger partial charge is 0.225 e. The molecule has 0 atom stereocenters. The zero-order valence-electron chi connectivity index (χ0n) is 13.7. The molecule has 1 amide bonds. The van der Waals surface area contributed by atoms with Crippen LogP contribution < -0.4 is 10.1 Å². The second-order valence-electron chi connectivity index (χ2n) is 5.31. The molecule has 0 saturated carbocycles. The minimum Gasteiger partial charge on any atom is -0.495 e. The van der Waals surface area contributed by atoms with Gasteiger partial charge in [-0.2, -0.15) is 11.8 Å². The minimum atomic E-state index is 0.0258. The first kappa shape index (κ1) is 17.4. The predicted octanol–water partition coefficient (Wildman–Crippen LogP) is 4.17. The maximum Gasteiger partial charge on any atom is 0.225 e. The SMILES string of the molecule is COc1ccc(CCc2ccccc2)cc1NC(=O)CCSC. The van der Waals surface area contributed by atoms with E-state index in [9.17, 15) is 4.79 Å². The van der Waals surface area contributed by atoms with Gasteiger partial charge in [0.1, 0.15) is 5.75 Å². The molecule has 0 heterocycles. The number of thioether (sulfide) groups is 1. The van der Waals surface area contributed by atoms with Crippen molar-refractivity contribution in [2.75, 3.05) is 24.4 Å². The normalized spacial score (nSPS) is 10.3. The van der Waals surface area contributed by atoms with E-state index < -0.39 is 0 Å². The lowest BCUT2D eigenvalue weighted by molar-refractivity contribution is -0.115. The van der Waals surface area contributed by atoms with Crippen molar-refractivity contribution >= 4 is 23.4 Å². The van der Waals surface area contributed by atoms with Crippen LogP contribution in [0.5, 0.6) is 5.75 Å². The fourth-order valence-electron chi connectivity index (χ4n) is 2.35. The number of aryl methyl sites for hydroxylation is 2. The van der Waals surface area contributed by atoms with Crippen LogP contribution in [-0.2, 0) is 17.6 Å². The molecule has 0 aliphatic carbocycles. The number of anilines is 1. The Bertz CT molecular complexity index is 629. The van der Waals surface area contributed by atoms with Crippen molar-refractivity contribution < 1.29 is 9.53 Å². The molecule has 4 heteroatoms. The lowest BCUT2D eigenvalue weighted by Crippen LogP contribution is -2.13. The van der Waals surface area contributed by atoms with E-state index in [4.69, 9.17) is 4.74 Å². The summed E-state index contributed by atoms with van der Waals surface area (Å²) < 4.78 is 5.35. The van der Waals surface area contributed by atoms with Crippen molar-refractivity contribution in [3.05, 3.63) is 59.7 Å². The molecule has 0 bridgehead atoms. The van der Waals surface area contributed by atoms with E-state index in [2.05, 4.69) is 35.6 Å². The van der Waals surface area contributed by atoms with Gasteiger partial charge in [0.25, 0.3) is 0 Å². The molecule has 122 valence electrons. The van der Waals surface area contributed by atoms with Gasteiger partial charge in [0.2, 0.25) is 5.91 Å². The van der Waals surface area contributed by atoms with E-state index in [1.165, 1.54) is 11.1 Å². The summed E-state index contributed by atoms with van der Waals surface area (Å²) in [6.45, 7) is 0. The van der Waals surface area contributed by atoms with Gasteiger partial charge in [0.15, 0.2) is 0 Å². The van der Waals surface area contributed by atoms with Crippen molar-refractivity contribution in [2.24, 2.45) is 0 Å². The molecule has 0 aromatic heterocycles. The summed E-state index contributed by atoms with van der Waals surface area (Å²) in [5.41, 5.74) is 3.26. The van der Waals surface area contributed by atoms with Gasteiger partial charge < -0.3 is 10.1 Å². The zero-order chi connectivity index (χ0) is 16.5. The fraction of sp³-hybridized carbons (Fsp3) is 0.316. The fourth-order valence-corrected chi connectivity index (χ4v) is 2.74. The maximum absolute atomic E-state index is 12.0. The number of carbonyl (C=O) groups is 1. The Kier molecular flexibility index (Phi) is 7.01. The van der Waals surface area contributed by atoms with E-state index in [1.807, 2.05) is 24.5 Å². The van der Waals surface area contributed by atoms with Gasteiger partial charge in [-0.25, -0.2) is 0 Å². The standard InChI is InChI=1S/C19H23NO2S/c1-22-18-11-10-16(9-8-15-6-4-3-5-7-15)14-17(18)20-19(21)12-13-23-2/h3-7,10-11,14H,8-9,12-13H2,1-2H3,(H,20,21). The molecule has 0 unspecified atom stereocenters. The first-order valence-electron chi connectivity index (χ1n) is 7.72. The molecule has 23 heavy (non-hydrogen) atoms. The van der Waals surface area contributed by atoms with Crippen molar-refractivity contribution in [2.45, 2.75) is 19.3 Å². The Morgan fingerprint density at radius 1 is 1.09 bits per heavy atom. The second kappa shape index (κ2) is 9.26. The van der Waals surface area contributed by atoms with E-state index in [0.29, 0.717) is 12.2 Å². The summed E-state index contributed by atoms with van der Waals surface area (Å²) in [5.74, 6) is 1.55. The molecule has 0 radical (unpaired) electrons. The third-order valence-electron chi connectivity index (χ3n) is 3.62. The van der Waals surface area contributed by atoms with Crippen LogP contribution in [0.4, 0.5) is 5.69 Å². The lowest BCUT2D eigenvalue weighted by Gasteiger charge is -2.12. The third-order valence-corrected chi connectivity index (χ3v) is 4.23. The van der Waals surface area contributed by atoms with Crippen molar-refractivity contribution in [3.8, 4) is 5.75 Å². The number of nitrogens with one attached hydrogen (secondary N) is 1. The quantitative estimate of drug-likeness (QED) is 0.790. The Balaban J connectivity index is 2.04. The van der Waals surface area contributed by atoms with Crippen LogP contribution in [0.1, 0.15) is 17.5 Å². The average Bonchev–Trinajstić information content (AvgIpc) is 2.59. The highest BCUT2D eigenvalue weighted by Crippen LogP contribution is 2.26. The molecule has 3 nitrogen and oxygen atoms in total. The summed E-state index contributed by atoms with van der Waals surface area (Å²) in [6, 6.07) is 16.4. The highest BCUT2D eigenvalue weighted by molar-refractivity contribution is 7.98. The molecule has 2 aromatic carbocycles. The van der Waals surface area contributed by atoms with Crippen LogP contribution in [0.3, 0.4) is 0 Å². The minimum absolute atomic E-state index is 0.0258. The molecule has 0 saturated heterocycles. The van der Waals surface area contributed by atoms with Crippen molar-refractivity contribution in [1.82, 2.24) is 0 Å². The molecular weight excluding hydrogens is 306 g/mol. The number of carbonyl (C=O) groups excluding carboxylic acids is 1. The largest absolute Gasteiger partial charge is 0.495 e. The number of rotatable bonds is 8. The first-order chi connectivity index (χ1) is 11.2. The number of ether oxygens (including phenoxy) is 1. The number of amides is 1. The second-order valence-corrected chi connectivity index (χ2v) is 6.30. The number of hydrogen-bond acceptors (Lipinski definition) is 3. The van der Waals surface area contributed by atoms with Crippen LogP contribution in [-0.4, -0.2) is 25.0 Å². The van der Waals surface area contributed by atoms with E-state index >= 15 is 0 Å². The van der Waals surface area contributed by atoms with Crippen LogP contribution in [0, 0.1) is 0 Å². The van der Waals surface area contributed by atoms with Crippen molar-refractivity contribution in [3.63, 3.8) is 0 Å². The van der Waals surface area contributed by atoms with E-state index in [-0.39, 0.29) is 5.91 Å². The number of hydrogen-bond donors (Lipinski definition) is 1. The van der Waals surface area contributed by atoms with Crippen LogP contribution in [0.2, 0.25) is 0 Å². The van der Waals surface area contributed by atoms with Gasteiger partial charge in [0, 0.05) is 12.2 Å². The predicted molar refractivity (Wildman–Crippen MR) is 98.5 cm³/mol. The van der Waals surface area contributed by atoms with Crippen molar-refractivity contribution in [1.29, 1.82) is 0 Å². The molecule has 1 N–H and O–H groups in total. The van der Waals surface area contributed by atoms with Gasteiger partial charge >= 0.3 is 0 Å². The van der Waals surface area contributed by atoms with Gasteiger partial charge in [-0.05, 0) is 42.4 Å². The number of benzene rings is 2. The zero-order valence-corrected chi connectivity index (χ0v) is 14.5. The highest BCUT2D eigenvalue weighted by Gasteiger charge is 2.08. The summed E-state index contributed by atoms with van der Waals surface area (Å²) in [4.78, 5) is 12.0. The highest BCUT2D eigenvalue weighted by atomic mass is 32.2. The summed E-state index contributed by atoms with van der Waals surface area (Å²) in [6.07, 6.45) is 4.42. The van der Waals surface area contributed by atoms with E-state index in [1.54, 1.807) is 18.9 Å². The Labute approximate surface area is 142 Å². The molecule has 2 rings (SSSR count). The van der Waals surface area contributed by atoms with Gasteiger partial charge in [-0.1, -0.05) is 36.4 Å². The van der Waals surface area contributed by atoms with Gasteiger partial charge in [0.05, 0.1) is 12.8 Å². The third kappa shape index (κ3) is 5.64. The molecular formula is C19H23NO2S. The monoisotopic (exact) mass is 329 g/mol. The Hall–Kier alpha value is -1.94. The Morgan fingerprint density at radius 3 is 2.52 bits per heavy atom. The molecule has 0 spiro atoms. The van der Waals surface area contributed by atoms with Crippen LogP contribution in [0.25, 0.3) is 0 Å². The summed E-state index contributed by atoms with van der Waals surface area (Å²) >= 11 is 1.67. The lowest BCUT2D eigenvalue weighted by atomic mass is 10.0. The maximum atomic E-state index is 12.0. The number of methoxy groups -OCH3 is 1. The first-order valence-corrected chi connectivity index (χ1v) is 9.12. The summed E-state index contributed by atoms with van der Waals surface area (Å²) in [7, 11) is 1.62. The van der Waals surface area contributed by atoms with Gasteiger partial charge in [-0.3, -0.25) is 4.79 Å². The topological polar surface area (TPSA) is 38.3 Å². The summed E-state index contributed by atoms with van der Waals surface area (Å²) in [5, 5.41) is 2.96. The van der Waals surface area contributed by atoms with Crippen LogP contribution in [0.15, 0.2) is 48.5 Å². The Morgan fingerprint density at radius 2 is 1.83 bits per heavy atom.